The molecule has 0 atom stereocenters. The second kappa shape index (κ2) is 3.67. The topological polar surface area (TPSA) is 0 Å². The van der Waals surface area contributed by atoms with Crippen LogP contribution in [0.5, 0.6) is 0 Å². The molecule has 0 aromatic heterocycles. The van der Waals surface area contributed by atoms with E-state index < -0.39 is 0 Å². The van der Waals surface area contributed by atoms with Crippen molar-refractivity contribution < 1.29 is 0 Å². The summed E-state index contributed by atoms with van der Waals surface area (Å²) in [6.07, 6.45) is 6.44. The van der Waals surface area contributed by atoms with Crippen LogP contribution >= 0.6 is 0 Å². The molecular formula is C14H14. The molecule has 1 aromatic carbocycles. The number of allylic oxidation sites excluding steroid dienone is 6. The van der Waals surface area contributed by atoms with Crippen LogP contribution in [0.25, 0.3) is 5.57 Å². The van der Waals surface area contributed by atoms with E-state index in [0.717, 1.165) is 0 Å². The lowest BCUT2D eigenvalue weighted by atomic mass is 9.99. The Bertz CT molecular complexity index is 417. The van der Waals surface area contributed by atoms with E-state index in [1.807, 2.05) is 0 Å². The Morgan fingerprint density at radius 2 is 1.79 bits per heavy atom. The van der Waals surface area contributed by atoms with Crippen LogP contribution in [0.2, 0.25) is 0 Å². The number of rotatable bonds is 1. The first-order valence-corrected chi connectivity index (χ1v) is 4.90. The minimum absolute atomic E-state index is 1.31. The van der Waals surface area contributed by atoms with Crippen molar-refractivity contribution in [2.75, 3.05) is 0 Å². The van der Waals surface area contributed by atoms with Crippen LogP contribution in [0, 0.1) is 0 Å². The molecule has 2 rings (SSSR count). The molecule has 1 aromatic rings. The molecule has 0 saturated carbocycles. The summed E-state index contributed by atoms with van der Waals surface area (Å²) in [7, 11) is 0. The van der Waals surface area contributed by atoms with Gasteiger partial charge in [0.1, 0.15) is 0 Å². The van der Waals surface area contributed by atoms with Crippen molar-refractivity contribution in [1.29, 1.82) is 0 Å². The lowest BCUT2D eigenvalue weighted by Crippen LogP contribution is -1.85. The second-order valence-corrected chi connectivity index (χ2v) is 3.61. The lowest BCUT2D eigenvalue weighted by Gasteiger charge is -2.06. The summed E-state index contributed by atoms with van der Waals surface area (Å²) >= 11 is 0. The summed E-state index contributed by atoms with van der Waals surface area (Å²) in [6, 6.07) is 10.5. The van der Waals surface area contributed by atoms with Crippen molar-refractivity contribution in [3.8, 4) is 0 Å². The zero-order chi connectivity index (χ0) is 9.97. The van der Waals surface area contributed by atoms with Gasteiger partial charge in [-0.1, -0.05) is 48.6 Å². The molecule has 0 amide bonds. The molecule has 0 nitrogen and oxygen atoms in total. The Morgan fingerprint density at radius 3 is 2.36 bits per heavy atom. The maximum Gasteiger partial charge on any atom is -0.0192 e. The van der Waals surface area contributed by atoms with Gasteiger partial charge in [0.05, 0.1) is 0 Å². The third-order valence-corrected chi connectivity index (χ3v) is 2.64. The fraction of sp³-hybridized carbons (Fsp3) is 0.143. The van der Waals surface area contributed by atoms with E-state index in [4.69, 9.17) is 0 Å². The van der Waals surface area contributed by atoms with Gasteiger partial charge in [-0.2, -0.15) is 0 Å². The third kappa shape index (κ3) is 1.56. The highest BCUT2D eigenvalue weighted by atomic mass is 14.1. The molecule has 1 aliphatic rings. The molecule has 70 valence electrons. The van der Waals surface area contributed by atoms with Gasteiger partial charge in [0, 0.05) is 0 Å². The maximum absolute atomic E-state index is 2.18. The third-order valence-electron chi connectivity index (χ3n) is 2.64. The summed E-state index contributed by atoms with van der Waals surface area (Å²) in [4.78, 5) is 0. The van der Waals surface area contributed by atoms with Crippen LogP contribution < -0.4 is 0 Å². The van der Waals surface area contributed by atoms with Gasteiger partial charge < -0.3 is 0 Å². The van der Waals surface area contributed by atoms with E-state index in [1.165, 1.54) is 22.3 Å². The van der Waals surface area contributed by atoms with Crippen molar-refractivity contribution in [3.63, 3.8) is 0 Å². The Labute approximate surface area is 85.3 Å². The normalized spacial score (nSPS) is 18.3. The molecule has 0 heterocycles. The first kappa shape index (κ1) is 9.01. The SMILES string of the molecule is CC1=CC=CC1=C(C)c1ccccc1. The van der Waals surface area contributed by atoms with E-state index >= 15 is 0 Å². The van der Waals surface area contributed by atoms with Gasteiger partial charge in [-0.05, 0) is 36.1 Å². The van der Waals surface area contributed by atoms with Crippen molar-refractivity contribution in [2.24, 2.45) is 0 Å². The molecule has 0 N–H and O–H groups in total. The van der Waals surface area contributed by atoms with Crippen molar-refractivity contribution in [1.82, 2.24) is 0 Å². The smallest absolute Gasteiger partial charge is 0.0192 e. The van der Waals surface area contributed by atoms with Gasteiger partial charge >= 0.3 is 0 Å². The number of hydrogen-bond acceptors (Lipinski definition) is 0. The summed E-state index contributed by atoms with van der Waals surface area (Å²) < 4.78 is 0. The molecule has 0 spiro atoms. The summed E-state index contributed by atoms with van der Waals surface area (Å²) in [6.45, 7) is 4.33. The van der Waals surface area contributed by atoms with Crippen molar-refractivity contribution in [3.05, 3.63) is 65.3 Å². The van der Waals surface area contributed by atoms with Crippen LogP contribution in [-0.2, 0) is 0 Å². The molecule has 0 bridgehead atoms. The van der Waals surface area contributed by atoms with Crippen LogP contribution in [-0.4, -0.2) is 0 Å². The van der Waals surface area contributed by atoms with E-state index in [9.17, 15) is 0 Å². The number of benzene rings is 1. The Kier molecular flexibility index (Phi) is 2.36. The summed E-state index contributed by atoms with van der Waals surface area (Å²) in [5.74, 6) is 0. The van der Waals surface area contributed by atoms with Gasteiger partial charge in [-0.25, -0.2) is 0 Å². The van der Waals surface area contributed by atoms with Gasteiger partial charge in [0.15, 0.2) is 0 Å². The highest BCUT2D eigenvalue weighted by Crippen LogP contribution is 2.27. The Morgan fingerprint density at radius 1 is 1.07 bits per heavy atom. The van der Waals surface area contributed by atoms with Crippen LogP contribution in [0.15, 0.2) is 59.7 Å². The summed E-state index contributed by atoms with van der Waals surface area (Å²) in [5.41, 5.74) is 5.37. The van der Waals surface area contributed by atoms with Gasteiger partial charge in [0.25, 0.3) is 0 Å². The Balaban J connectivity index is 2.46. The van der Waals surface area contributed by atoms with Gasteiger partial charge in [-0.3, -0.25) is 0 Å². The minimum Gasteiger partial charge on any atom is -0.0622 e. The van der Waals surface area contributed by atoms with E-state index in [0.29, 0.717) is 0 Å². The molecule has 0 radical (unpaired) electrons. The standard InChI is InChI=1S/C14H14/c1-11-7-6-10-14(11)12(2)13-8-4-3-5-9-13/h3-10H,1-2H3. The quantitative estimate of drug-likeness (QED) is 0.616. The maximum atomic E-state index is 2.18. The fourth-order valence-corrected chi connectivity index (χ4v) is 1.77. The largest absolute Gasteiger partial charge is 0.0622 e. The molecule has 14 heavy (non-hydrogen) atoms. The van der Waals surface area contributed by atoms with Crippen LogP contribution in [0.3, 0.4) is 0 Å². The lowest BCUT2D eigenvalue weighted by molar-refractivity contribution is 1.44. The van der Waals surface area contributed by atoms with Crippen molar-refractivity contribution in [2.45, 2.75) is 13.8 Å². The predicted octanol–water partition coefficient (Wildman–Crippen LogP) is 3.98. The van der Waals surface area contributed by atoms with Crippen molar-refractivity contribution >= 4 is 5.57 Å². The van der Waals surface area contributed by atoms with Crippen LogP contribution in [0.4, 0.5) is 0 Å². The van der Waals surface area contributed by atoms with Gasteiger partial charge in [-0.15, -0.1) is 0 Å². The highest BCUT2D eigenvalue weighted by Gasteiger charge is 2.06. The average molecular weight is 182 g/mol. The van der Waals surface area contributed by atoms with E-state index in [2.05, 4.69) is 62.4 Å². The molecule has 0 heteroatoms. The van der Waals surface area contributed by atoms with Crippen LogP contribution in [0.1, 0.15) is 19.4 Å². The number of hydrogen-bond donors (Lipinski definition) is 0. The highest BCUT2D eigenvalue weighted by molar-refractivity contribution is 5.75. The van der Waals surface area contributed by atoms with Gasteiger partial charge in [0.2, 0.25) is 0 Å². The zero-order valence-electron chi connectivity index (χ0n) is 8.62. The Hall–Kier alpha value is -1.56. The first-order valence-electron chi connectivity index (χ1n) is 4.90. The van der Waals surface area contributed by atoms with E-state index in [-0.39, 0.29) is 0 Å². The predicted molar refractivity (Wildman–Crippen MR) is 61.9 cm³/mol. The fourth-order valence-electron chi connectivity index (χ4n) is 1.77. The average Bonchev–Trinajstić information content (AvgIpc) is 2.65. The zero-order valence-corrected chi connectivity index (χ0v) is 8.62. The first-order chi connectivity index (χ1) is 6.79. The second-order valence-electron chi connectivity index (χ2n) is 3.61. The summed E-state index contributed by atoms with van der Waals surface area (Å²) in [5, 5.41) is 0. The molecule has 0 unspecified atom stereocenters. The molecule has 0 aliphatic heterocycles. The molecule has 0 saturated heterocycles. The monoisotopic (exact) mass is 182 g/mol. The van der Waals surface area contributed by atoms with E-state index in [1.54, 1.807) is 0 Å². The molecule has 0 fully saturated rings. The minimum atomic E-state index is 1.31. The molecule has 1 aliphatic carbocycles. The molecular weight excluding hydrogens is 168 g/mol.